The minimum Gasteiger partial charge on any atom is -0.460 e. The Morgan fingerprint density at radius 2 is 2.05 bits per heavy atom. The molecule has 3 fully saturated rings. The Hall–Kier alpha value is -1.84. The van der Waals surface area contributed by atoms with Gasteiger partial charge in [-0.15, -0.1) is 0 Å². The maximum Gasteiger partial charge on any atom is 0.302 e. The van der Waals surface area contributed by atoms with Crippen molar-refractivity contribution in [2.75, 3.05) is 0 Å². The molecule has 0 aromatic heterocycles. The molecule has 0 unspecified atom stereocenters. The quantitative estimate of drug-likeness (QED) is 0.793. The highest BCUT2D eigenvalue weighted by Gasteiger charge is 2.47. The van der Waals surface area contributed by atoms with Crippen LogP contribution in [0.2, 0.25) is 0 Å². The Bertz CT molecular complexity index is 514. The predicted octanol–water partition coefficient (Wildman–Crippen LogP) is 2.13. The third kappa shape index (κ3) is 2.42. The van der Waals surface area contributed by atoms with E-state index in [4.69, 9.17) is 4.74 Å². The van der Waals surface area contributed by atoms with E-state index in [-0.39, 0.29) is 29.9 Å². The summed E-state index contributed by atoms with van der Waals surface area (Å²) in [6, 6.07) is 10.0. The van der Waals surface area contributed by atoms with Crippen molar-refractivity contribution in [3.63, 3.8) is 0 Å². The summed E-state index contributed by atoms with van der Waals surface area (Å²) in [6.45, 7) is 2.05. The maximum atomic E-state index is 12.4. The highest BCUT2D eigenvalue weighted by molar-refractivity contribution is 5.81. The fraction of sp³-hybridized carbons (Fsp3) is 0.500. The summed E-state index contributed by atoms with van der Waals surface area (Å²) in [7, 11) is 0. The van der Waals surface area contributed by atoms with Crippen LogP contribution < -0.4 is 0 Å². The molecule has 20 heavy (non-hydrogen) atoms. The van der Waals surface area contributed by atoms with Crippen LogP contribution in [0.3, 0.4) is 0 Å². The Kier molecular flexibility index (Phi) is 3.47. The van der Waals surface area contributed by atoms with Crippen molar-refractivity contribution in [2.45, 2.75) is 44.9 Å². The normalized spacial score (nSPS) is 28.6. The van der Waals surface area contributed by atoms with Crippen molar-refractivity contribution in [1.29, 1.82) is 0 Å². The summed E-state index contributed by atoms with van der Waals surface area (Å²) in [5.74, 6) is -0.0174. The van der Waals surface area contributed by atoms with Gasteiger partial charge < -0.3 is 9.64 Å². The van der Waals surface area contributed by atoms with Crippen LogP contribution in [0.1, 0.15) is 31.7 Å². The lowest BCUT2D eigenvalue weighted by molar-refractivity contribution is -0.171. The molecule has 4 heteroatoms. The largest absolute Gasteiger partial charge is 0.460 e. The van der Waals surface area contributed by atoms with Gasteiger partial charge in [-0.3, -0.25) is 9.59 Å². The number of carbonyl (C=O) groups is 2. The first-order valence-corrected chi connectivity index (χ1v) is 7.17. The standard InChI is InChI=1S/C16H19NO3/c1-11(18)20-15-9-13-7-8-14(15)17(16(13)19)10-12-5-3-2-4-6-12/h2-6,13-15H,7-10H2,1H3/t13-,14+,15-/m1/s1. The molecule has 4 rings (SSSR count). The molecular weight excluding hydrogens is 254 g/mol. The fourth-order valence-electron chi connectivity index (χ4n) is 3.41. The molecule has 3 aliphatic rings. The van der Waals surface area contributed by atoms with Gasteiger partial charge in [0.2, 0.25) is 5.91 Å². The average molecular weight is 273 g/mol. The van der Waals surface area contributed by atoms with Crippen LogP contribution in [0.25, 0.3) is 0 Å². The Balaban J connectivity index is 1.78. The van der Waals surface area contributed by atoms with Crippen LogP contribution in [0.15, 0.2) is 30.3 Å². The Labute approximate surface area is 118 Å². The number of esters is 1. The third-order valence-corrected chi connectivity index (χ3v) is 4.30. The van der Waals surface area contributed by atoms with Crippen LogP contribution in [0.4, 0.5) is 0 Å². The maximum absolute atomic E-state index is 12.4. The molecule has 1 aromatic carbocycles. The van der Waals surface area contributed by atoms with Gasteiger partial charge in [-0.05, 0) is 24.8 Å². The van der Waals surface area contributed by atoms with Crippen LogP contribution in [0.5, 0.6) is 0 Å². The number of benzene rings is 1. The van der Waals surface area contributed by atoms with Crippen molar-refractivity contribution in [2.24, 2.45) is 5.92 Å². The van der Waals surface area contributed by atoms with E-state index in [2.05, 4.69) is 0 Å². The van der Waals surface area contributed by atoms with Crippen molar-refractivity contribution >= 4 is 11.9 Å². The van der Waals surface area contributed by atoms with Crippen molar-refractivity contribution in [3.8, 4) is 0 Å². The highest BCUT2D eigenvalue weighted by Crippen LogP contribution is 2.38. The van der Waals surface area contributed by atoms with E-state index >= 15 is 0 Å². The molecule has 0 N–H and O–H groups in total. The lowest BCUT2D eigenvalue weighted by Gasteiger charge is -2.48. The van der Waals surface area contributed by atoms with Gasteiger partial charge in [0.25, 0.3) is 0 Å². The van der Waals surface area contributed by atoms with Crippen LogP contribution in [-0.2, 0) is 20.9 Å². The molecule has 0 radical (unpaired) electrons. The van der Waals surface area contributed by atoms with E-state index in [1.807, 2.05) is 35.2 Å². The fourth-order valence-corrected chi connectivity index (χ4v) is 3.41. The second-order valence-corrected chi connectivity index (χ2v) is 5.68. The first-order valence-electron chi connectivity index (χ1n) is 7.17. The number of fused-ring (bicyclic) bond motifs is 3. The average Bonchev–Trinajstić information content (AvgIpc) is 2.44. The van der Waals surface area contributed by atoms with Crippen molar-refractivity contribution in [3.05, 3.63) is 35.9 Å². The van der Waals surface area contributed by atoms with Crippen LogP contribution >= 0.6 is 0 Å². The van der Waals surface area contributed by atoms with Crippen molar-refractivity contribution < 1.29 is 14.3 Å². The van der Waals surface area contributed by atoms with E-state index < -0.39 is 0 Å². The summed E-state index contributed by atoms with van der Waals surface area (Å²) in [5.41, 5.74) is 1.12. The minimum atomic E-state index is -0.255. The van der Waals surface area contributed by atoms with E-state index in [9.17, 15) is 9.59 Å². The lowest BCUT2D eigenvalue weighted by atomic mass is 9.77. The second-order valence-electron chi connectivity index (χ2n) is 5.68. The summed E-state index contributed by atoms with van der Waals surface area (Å²) < 4.78 is 5.41. The molecule has 0 spiro atoms. The number of hydrogen-bond donors (Lipinski definition) is 0. The zero-order chi connectivity index (χ0) is 14.1. The molecule has 106 valence electrons. The molecule has 2 aliphatic heterocycles. The molecule has 4 nitrogen and oxygen atoms in total. The zero-order valence-electron chi connectivity index (χ0n) is 11.6. The summed E-state index contributed by atoms with van der Waals surface area (Å²) in [5, 5.41) is 0. The number of carbonyl (C=O) groups excluding carboxylic acids is 2. The second kappa shape index (κ2) is 5.27. The summed E-state index contributed by atoms with van der Waals surface area (Å²) in [6.07, 6.45) is 2.41. The molecule has 1 aliphatic carbocycles. The van der Waals surface area contributed by atoms with Gasteiger partial charge in [0.1, 0.15) is 6.10 Å². The number of ether oxygens (including phenoxy) is 1. The lowest BCUT2D eigenvalue weighted by Crippen LogP contribution is -2.59. The van der Waals surface area contributed by atoms with Gasteiger partial charge in [0, 0.05) is 19.4 Å². The summed E-state index contributed by atoms with van der Waals surface area (Å²) in [4.78, 5) is 25.5. The Morgan fingerprint density at radius 3 is 2.75 bits per heavy atom. The first-order chi connectivity index (χ1) is 9.65. The molecule has 1 aromatic rings. The van der Waals surface area contributed by atoms with Gasteiger partial charge in [-0.2, -0.15) is 0 Å². The number of hydrogen-bond acceptors (Lipinski definition) is 3. The molecule has 2 heterocycles. The topological polar surface area (TPSA) is 46.6 Å². The minimum absolute atomic E-state index is 0.0214. The Morgan fingerprint density at radius 1 is 1.30 bits per heavy atom. The van der Waals surface area contributed by atoms with E-state index in [1.54, 1.807) is 0 Å². The zero-order valence-corrected chi connectivity index (χ0v) is 11.6. The molecule has 1 amide bonds. The van der Waals surface area contributed by atoms with E-state index in [0.29, 0.717) is 13.0 Å². The van der Waals surface area contributed by atoms with Gasteiger partial charge in [0.15, 0.2) is 0 Å². The molecule has 2 saturated heterocycles. The molecule has 3 atom stereocenters. The third-order valence-electron chi connectivity index (χ3n) is 4.30. The molecule has 2 bridgehead atoms. The monoisotopic (exact) mass is 273 g/mol. The van der Waals surface area contributed by atoms with E-state index in [0.717, 1.165) is 18.4 Å². The predicted molar refractivity (Wildman–Crippen MR) is 73.7 cm³/mol. The highest BCUT2D eigenvalue weighted by atomic mass is 16.5. The smallest absolute Gasteiger partial charge is 0.302 e. The molecular formula is C16H19NO3. The number of piperidine rings is 2. The van der Waals surface area contributed by atoms with Crippen LogP contribution in [-0.4, -0.2) is 28.9 Å². The van der Waals surface area contributed by atoms with Gasteiger partial charge >= 0.3 is 5.97 Å². The van der Waals surface area contributed by atoms with E-state index in [1.165, 1.54) is 6.92 Å². The van der Waals surface area contributed by atoms with Gasteiger partial charge in [0.05, 0.1) is 6.04 Å². The van der Waals surface area contributed by atoms with Crippen molar-refractivity contribution in [1.82, 2.24) is 4.90 Å². The van der Waals surface area contributed by atoms with Gasteiger partial charge in [-0.25, -0.2) is 0 Å². The summed E-state index contributed by atoms with van der Waals surface area (Å²) >= 11 is 0. The van der Waals surface area contributed by atoms with Gasteiger partial charge in [-0.1, -0.05) is 30.3 Å². The SMILES string of the molecule is CC(=O)O[C@@H]1C[C@H]2CC[C@@H]1N(Cc1ccccc1)C2=O. The first kappa shape index (κ1) is 13.2. The molecule has 1 saturated carbocycles. The number of rotatable bonds is 3. The number of amides is 1. The number of nitrogens with zero attached hydrogens (tertiary/aromatic N) is 1. The van der Waals surface area contributed by atoms with Crippen LogP contribution in [0, 0.1) is 5.92 Å².